The first-order chi connectivity index (χ1) is 3.75. The summed E-state index contributed by atoms with van der Waals surface area (Å²) in [5.41, 5.74) is 0.819. The highest BCUT2D eigenvalue weighted by Crippen LogP contribution is 2.67. The summed E-state index contributed by atoms with van der Waals surface area (Å²) in [4.78, 5) is 0. The summed E-state index contributed by atoms with van der Waals surface area (Å²) in [6, 6.07) is 0. The molecule has 9 heavy (non-hydrogen) atoms. The van der Waals surface area contributed by atoms with Gasteiger partial charge in [-0.2, -0.15) is 0 Å². The monoisotopic (exact) mass is 126 g/mol. The van der Waals surface area contributed by atoms with Crippen molar-refractivity contribution in [1.29, 1.82) is 0 Å². The fraction of sp³-hybridized carbons (Fsp3) is 1.00. The van der Waals surface area contributed by atoms with Crippen molar-refractivity contribution in [3.8, 4) is 0 Å². The average molecular weight is 126 g/mol. The fourth-order valence-corrected chi connectivity index (χ4v) is 2.61. The molecule has 0 aromatic heterocycles. The Morgan fingerprint density at radius 3 is 2.33 bits per heavy atom. The predicted molar refractivity (Wildman–Crippen MR) is 41.3 cm³/mol. The Bertz CT molecular complexity index is 117. The van der Waals surface area contributed by atoms with Crippen LogP contribution in [-0.2, 0) is 0 Å². The zero-order chi connectivity index (χ0) is 5.78. The van der Waals surface area contributed by atoms with E-state index in [4.69, 9.17) is 0 Å². The molecule has 0 saturated heterocycles. The van der Waals surface area contributed by atoms with Crippen molar-refractivity contribution < 1.29 is 0 Å². The van der Waals surface area contributed by atoms with Gasteiger partial charge in [-0.1, -0.05) is 27.7 Å². The zero-order valence-electron chi connectivity index (χ0n) is 5.78. The highest BCUT2D eigenvalue weighted by atomic mass is 14.6. The molecule has 2 aliphatic carbocycles. The summed E-state index contributed by atoms with van der Waals surface area (Å²) in [5, 5.41) is 0. The van der Waals surface area contributed by atoms with Crippen LogP contribution in [0.15, 0.2) is 0 Å². The lowest BCUT2D eigenvalue weighted by Crippen LogP contribution is -1.91. The van der Waals surface area contributed by atoms with E-state index in [1.807, 2.05) is 0 Å². The van der Waals surface area contributed by atoms with Gasteiger partial charge in [0.1, 0.15) is 0 Å². The highest BCUT2D eigenvalue weighted by molar-refractivity contribution is 5.08. The van der Waals surface area contributed by atoms with Crippen LogP contribution < -0.4 is 0 Å². The predicted octanol–water partition coefficient (Wildman–Crippen LogP) is 3.08. The van der Waals surface area contributed by atoms with Crippen LogP contribution in [0.2, 0.25) is 0 Å². The van der Waals surface area contributed by atoms with Crippen LogP contribution in [0.5, 0.6) is 0 Å². The molecule has 54 valence electrons. The van der Waals surface area contributed by atoms with E-state index in [9.17, 15) is 0 Å². The van der Waals surface area contributed by atoms with E-state index in [1.165, 1.54) is 19.3 Å². The molecular weight excluding hydrogens is 108 g/mol. The lowest BCUT2D eigenvalue weighted by Gasteiger charge is -2.01. The molecule has 0 heteroatoms. The molecule has 2 rings (SSSR count). The Morgan fingerprint density at radius 2 is 2.11 bits per heavy atom. The number of hydrogen-bond acceptors (Lipinski definition) is 0. The molecule has 0 heterocycles. The van der Waals surface area contributed by atoms with E-state index in [0.29, 0.717) is 0 Å². The Kier molecular flexibility index (Phi) is 1.38. The van der Waals surface area contributed by atoms with Crippen LogP contribution in [0.3, 0.4) is 0 Å². The van der Waals surface area contributed by atoms with Gasteiger partial charge in [-0.15, -0.1) is 0 Å². The quantitative estimate of drug-likeness (QED) is 0.468. The lowest BCUT2D eigenvalue weighted by molar-refractivity contribution is 0.494. The van der Waals surface area contributed by atoms with Crippen molar-refractivity contribution in [1.82, 2.24) is 0 Å². The van der Waals surface area contributed by atoms with Crippen LogP contribution in [0.1, 0.15) is 40.5 Å². The molecule has 0 nitrogen and oxygen atoms in total. The third-order valence-corrected chi connectivity index (χ3v) is 3.61. The number of fused-ring (bicyclic) bond motifs is 1. The smallest absolute Gasteiger partial charge is 0.0266 e. The third-order valence-electron chi connectivity index (χ3n) is 3.61. The van der Waals surface area contributed by atoms with Gasteiger partial charge >= 0.3 is 0 Å². The van der Waals surface area contributed by atoms with E-state index < -0.39 is 0 Å². The van der Waals surface area contributed by atoms with Crippen LogP contribution >= 0.6 is 0 Å². The molecule has 2 fully saturated rings. The molecule has 0 aliphatic heterocycles. The molecule has 0 aromatic rings. The molecule has 3 atom stereocenters. The zero-order valence-corrected chi connectivity index (χ0v) is 5.78. The van der Waals surface area contributed by atoms with Gasteiger partial charge in [0.2, 0.25) is 0 Å². The summed E-state index contributed by atoms with van der Waals surface area (Å²) < 4.78 is 0. The molecule has 2 saturated carbocycles. The minimum absolute atomic E-state index is 0. The molecule has 0 aromatic carbocycles. The van der Waals surface area contributed by atoms with E-state index in [2.05, 4.69) is 13.8 Å². The van der Waals surface area contributed by atoms with E-state index in [-0.39, 0.29) is 7.43 Å². The summed E-state index contributed by atoms with van der Waals surface area (Å²) in [5.74, 6) is 2.19. The van der Waals surface area contributed by atoms with E-state index in [1.54, 1.807) is 0 Å². The second-order valence-electron chi connectivity index (χ2n) is 3.79. The normalized spacial score (nSPS) is 54.0. The summed E-state index contributed by atoms with van der Waals surface area (Å²) in [6.07, 6.45) is 4.54. The van der Waals surface area contributed by atoms with Crippen molar-refractivity contribution in [3.05, 3.63) is 0 Å². The molecule has 3 unspecified atom stereocenters. The van der Waals surface area contributed by atoms with Crippen LogP contribution in [-0.4, -0.2) is 0 Å². The molecule has 0 spiro atoms. The van der Waals surface area contributed by atoms with Gasteiger partial charge in [0.05, 0.1) is 0 Å². The molecule has 2 aliphatic rings. The maximum Gasteiger partial charge on any atom is -0.0266 e. The van der Waals surface area contributed by atoms with Crippen molar-refractivity contribution in [3.63, 3.8) is 0 Å². The van der Waals surface area contributed by atoms with Gasteiger partial charge < -0.3 is 0 Å². The third kappa shape index (κ3) is 0.653. The number of rotatable bonds is 0. The Labute approximate surface area is 58.7 Å². The molecule has 0 radical (unpaired) electrons. The largest absolute Gasteiger partial charge is 0.0776 e. The van der Waals surface area contributed by atoms with Gasteiger partial charge in [-0.3, -0.25) is 0 Å². The molecule has 0 amide bonds. The molecular formula is C9H18. The minimum Gasteiger partial charge on any atom is -0.0776 e. The van der Waals surface area contributed by atoms with Crippen molar-refractivity contribution in [2.75, 3.05) is 0 Å². The lowest BCUT2D eigenvalue weighted by atomic mass is 10.0. The number of hydrogen-bond donors (Lipinski definition) is 0. The van der Waals surface area contributed by atoms with Crippen molar-refractivity contribution >= 4 is 0 Å². The second kappa shape index (κ2) is 1.74. The standard InChI is InChI=1S/C8H14.CH4/c1-6-7-4-3-5-8(6,7)2;/h6-7H,3-5H2,1-2H3;1H4. The Morgan fingerprint density at radius 1 is 1.44 bits per heavy atom. The van der Waals surface area contributed by atoms with Gasteiger partial charge in [-0.25, -0.2) is 0 Å². The van der Waals surface area contributed by atoms with Gasteiger partial charge in [0.25, 0.3) is 0 Å². The van der Waals surface area contributed by atoms with Crippen molar-refractivity contribution in [2.45, 2.75) is 40.5 Å². The minimum atomic E-state index is 0. The van der Waals surface area contributed by atoms with E-state index in [0.717, 1.165) is 17.3 Å². The van der Waals surface area contributed by atoms with Crippen LogP contribution in [0.4, 0.5) is 0 Å². The fourth-order valence-electron chi connectivity index (χ4n) is 2.61. The van der Waals surface area contributed by atoms with Crippen LogP contribution in [0, 0.1) is 17.3 Å². The summed E-state index contributed by atoms with van der Waals surface area (Å²) in [6.45, 7) is 4.86. The van der Waals surface area contributed by atoms with Gasteiger partial charge in [0, 0.05) is 0 Å². The molecule has 0 N–H and O–H groups in total. The van der Waals surface area contributed by atoms with Crippen molar-refractivity contribution in [2.24, 2.45) is 17.3 Å². The van der Waals surface area contributed by atoms with Crippen LogP contribution in [0.25, 0.3) is 0 Å². The molecule has 0 bridgehead atoms. The Balaban J connectivity index is 0.000000405. The summed E-state index contributed by atoms with van der Waals surface area (Å²) >= 11 is 0. The topological polar surface area (TPSA) is 0 Å². The SMILES string of the molecule is C.CC1C2CCCC12C. The van der Waals surface area contributed by atoms with Gasteiger partial charge in [0.15, 0.2) is 0 Å². The first-order valence-electron chi connectivity index (χ1n) is 3.75. The first kappa shape index (κ1) is 7.11. The van der Waals surface area contributed by atoms with Gasteiger partial charge in [-0.05, 0) is 30.1 Å². The van der Waals surface area contributed by atoms with E-state index >= 15 is 0 Å². The maximum atomic E-state index is 2.45. The second-order valence-corrected chi connectivity index (χ2v) is 3.79. The first-order valence-corrected chi connectivity index (χ1v) is 3.75. The summed E-state index contributed by atoms with van der Waals surface area (Å²) in [7, 11) is 0. The average Bonchev–Trinajstić information content (AvgIpc) is 2.23. The Hall–Kier alpha value is 0. The highest BCUT2D eigenvalue weighted by Gasteiger charge is 2.59. The maximum absolute atomic E-state index is 2.45.